The minimum Gasteiger partial charge on any atom is -0.423 e. The Balaban J connectivity index is 1.07. The average Bonchev–Trinajstić information content (AvgIpc) is 3.40. The van der Waals surface area contributed by atoms with Gasteiger partial charge in [0.2, 0.25) is 5.69 Å². The summed E-state index contributed by atoms with van der Waals surface area (Å²) in [5, 5.41) is 3.37. The number of carbonyl (C=O) groups excluding carboxylic acids is 1. The number of allylic oxidation sites excluding steroid dienone is 4. The lowest BCUT2D eigenvalue weighted by atomic mass is 9.81. The molecule has 0 atom stereocenters. The zero-order valence-corrected chi connectivity index (χ0v) is 29.4. The van der Waals surface area contributed by atoms with Crippen LogP contribution in [0.3, 0.4) is 0 Å². The summed E-state index contributed by atoms with van der Waals surface area (Å²) in [6.45, 7) is 4.57. The van der Waals surface area contributed by atoms with Gasteiger partial charge in [-0.25, -0.2) is 9.79 Å². The molecular weight excluding hydrogens is 638 g/mol. The van der Waals surface area contributed by atoms with E-state index >= 15 is 0 Å². The summed E-state index contributed by atoms with van der Waals surface area (Å²) in [5.41, 5.74) is 8.20. The number of ether oxygens (including phenoxy) is 1. The summed E-state index contributed by atoms with van der Waals surface area (Å²) < 4.78 is 6.16. The summed E-state index contributed by atoms with van der Waals surface area (Å²) in [5.74, 6) is 0.225. The van der Waals surface area contributed by atoms with Crippen molar-refractivity contribution in [3.05, 3.63) is 172 Å². The summed E-state index contributed by atoms with van der Waals surface area (Å²) in [6.07, 6.45) is 10.2. The van der Waals surface area contributed by atoms with E-state index in [9.17, 15) is 4.79 Å². The summed E-state index contributed by atoms with van der Waals surface area (Å²) in [4.78, 5) is 20.0. The number of carbonyl (C=O) groups is 1. The Labute approximate surface area is 293 Å². The maximum Gasteiger partial charge on any atom is 0.344 e. The van der Waals surface area contributed by atoms with E-state index < -0.39 is 7.92 Å². The molecule has 0 aromatic heterocycles. The molecule has 0 bridgehead atoms. The topological polar surface area (TPSA) is 40.3 Å². The molecule has 0 spiro atoms. The number of rotatable bonds is 7. The van der Waals surface area contributed by atoms with Gasteiger partial charge in [0, 0.05) is 27.5 Å². The first-order valence-corrected chi connectivity index (χ1v) is 19.0. The SMILES string of the molecule is CC1(C)C(/C=C/C2=C3Sc4cc(OC(=O)c5ccccc5P(c5ccccc5)c5ccccc5)ccc4C=C3CCC2)=[NH+]c2ccccc21. The van der Waals surface area contributed by atoms with Crippen molar-refractivity contribution in [1.82, 2.24) is 0 Å². The van der Waals surface area contributed by atoms with Gasteiger partial charge >= 0.3 is 5.97 Å². The van der Waals surface area contributed by atoms with Gasteiger partial charge in [-0.2, -0.15) is 0 Å². The highest BCUT2D eigenvalue weighted by atomic mass is 32.2. The molecule has 1 N–H and O–H groups in total. The molecule has 3 nitrogen and oxygen atoms in total. The molecule has 2 aliphatic heterocycles. The molecule has 0 fully saturated rings. The standard InChI is InChI=1S/C44H36NO2PS/c1-44(2)37-21-10-11-22-38(37)45-41(44)27-25-30-14-13-15-32-28-31-24-26-33(29-40(31)49-42(30)32)47-43(46)36-20-9-12-23-39(36)48(34-16-5-3-6-17-34)35-18-7-4-8-19-35/h3-12,16-29H,13-15H2,1-2H3/p+1/b27-25+. The number of nitrogens with one attached hydrogen (secondary N) is 1. The lowest BCUT2D eigenvalue weighted by molar-refractivity contribution is -0.349. The predicted octanol–water partition coefficient (Wildman–Crippen LogP) is 8.29. The second-order valence-corrected chi connectivity index (χ2v) is 16.4. The Bertz CT molecular complexity index is 2160. The molecule has 0 unspecified atom stereocenters. The summed E-state index contributed by atoms with van der Waals surface area (Å²) >= 11 is 1.80. The van der Waals surface area contributed by atoms with Crippen molar-refractivity contribution < 1.29 is 14.5 Å². The number of esters is 1. The van der Waals surface area contributed by atoms with E-state index in [0.29, 0.717) is 11.3 Å². The van der Waals surface area contributed by atoms with Crippen LogP contribution in [0.1, 0.15) is 54.6 Å². The molecule has 0 saturated heterocycles. The van der Waals surface area contributed by atoms with E-state index in [2.05, 4.69) is 122 Å². The van der Waals surface area contributed by atoms with Crippen LogP contribution in [0.25, 0.3) is 6.08 Å². The molecule has 0 saturated carbocycles. The third-order valence-electron chi connectivity index (χ3n) is 9.60. The highest BCUT2D eigenvalue weighted by Crippen LogP contribution is 2.48. The maximum atomic E-state index is 13.9. The number of hydrogen-bond acceptors (Lipinski definition) is 3. The number of hydrogen-bond donors (Lipinski definition) is 1. The van der Waals surface area contributed by atoms with E-state index in [0.717, 1.165) is 29.5 Å². The van der Waals surface area contributed by atoms with Crippen molar-refractivity contribution in [3.8, 4) is 5.75 Å². The van der Waals surface area contributed by atoms with Gasteiger partial charge in [0.25, 0.3) is 0 Å². The van der Waals surface area contributed by atoms with Crippen LogP contribution in [0.4, 0.5) is 5.69 Å². The monoisotopic (exact) mass is 674 g/mol. The third-order valence-corrected chi connectivity index (χ3v) is 13.4. The van der Waals surface area contributed by atoms with Gasteiger partial charge in [0.15, 0.2) is 5.71 Å². The van der Waals surface area contributed by atoms with Crippen molar-refractivity contribution in [3.63, 3.8) is 0 Å². The molecule has 5 heteroatoms. The molecule has 1 aliphatic carbocycles. The van der Waals surface area contributed by atoms with Crippen LogP contribution in [0.15, 0.2) is 160 Å². The van der Waals surface area contributed by atoms with Gasteiger partial charge in [-0.15, -0.1) is 0 Å². The maximum absolute atomic E-state index is 13.9. The van der Waals surface area contributed by atoms with Crippen LogP contribution in [0.2, 0.25) is 0 Å². The molecule has 240 valence electrons. The first kappa shape index (κ1) is 31.5. The molecule has 0 amide bonds. The van der Waals surface area contributed by atoms with Crippen molar-refractivity contribution in [2.45, 2.75) is 43.4 Å². The normalized spacial score (nSPS) is 16.1. The first-order valence-electron chi connectivity index (χ1n) is 16.9. The van der Waals surface area contributed by atoms with Gasteiger partial charge in [0.05, 0.1) is 11.0 Å². The van der Waals surface area contributed by atoms with Crippen molar-refractivity contribution in [2.75, 3.05) is 0 Å². The number of para-hydroxylation sites is 1. The zero-order valence-electron chi connectivity index (χ0n) is 27.6. The van der Waals surface area contributed by atoms with E-state index in [1.54, 1.807) is 11.8 Å². The van der Waals surface area contributed by atoms with Crippen LogP contribution < -0.4 is 25.6 Å². The number of thioether (sulfide) groups is 1. The van der Waals surface area contributed by atoms with Crippen LogP contribution in [-0.2, 0) is 5.41 Å². The van der Waals surface area contributed by atoms with Crippen molar-refractivity contribution >= 4 is 59.0 Å². The van der Waals surface area contributed by atoms with Gasteiger partial charge in [0.1, 0.15) is 5.75 Å². The third kappa shape index (κ3) is 6.16. The zero-order chi connectivity index (χ0) is 33.4. The predicted molar refractivity (Wildman–Crippen MR) is 205 cm³/mol. The van der Waals surface area contributed by atoms with Crippen molar-refractivity contribution in [2.24, 2.45) is 0 Å². The average molecular weight is 675 g/mol. The van der Waals surface area contributed by atoms with Gasteiger partial charge in [-0.3, -0.25) is 0 Å². The van der Waals surface area contributed by atoms with Crippen LogP contribution in [-0.4, -0.2) is 11.7 Å². The lowest BCUT2D eigenvalue weighted by Crippen LogP contribution is -2.65. The smallest absolute Gasteiger partial charge is 0.344 e. The van der Waals surface area contributed by atoms with E-state index in [1.807, 2.05) is 42.5 Å². The molecular formula is C44H37NO2PS+. The number of benzene rings is 5. The second-order valence-electron chi connectivity index (χ2n) is 13.1. The fourth-order valence-electron chi connectivity index (χ4n) is 7.02. The summed E-state index contributed by atoms with van der Waals surface area (Å²) in [6, 6.07) is 43.4. The molecule has 5 aromatic carbocycles. The van der Waals surface area contributed by atoms with Crippen LogP contribution in [0, 0.1) is 0 Å². The highest BCUT2D eigenvalue weighted by molar-refractivity contribution is 8.03. The van der Waals surface area contributed by atoms with Gasteiger partial charge < -0.3 is 4.74 Å². The van der Waals surface area contributed by atoms with E-state index in [4.69, 9.17) is 4.74 Å². The first-order chi connectivity index (χ1) is 24.0. The Morgan fingerprint density at radius 3 is 2.24 bits per heavy atom. The van der Waals surface area contributed by atoms with E-state index in [-0.39, 0.29) is 11.4 Å². The van der Waals surface area contributed by atoms with Gasteiger partial charge in [-0.1, -0.05) is 121 Å². The molecule has 5 aromatic rings. The minimum atomic E-state index is -0.954. The van der Waals surface area contributed by atoms with Crippen molar-refractivity contribution in [1.29, 1.82) is 0 Å². The lowest BCUT2D eigenvalue weighted by Gasteiger charge is -2.26. The quantitative estimate of drug-likeness (QED) is 0.107. The fourth-order valence-corrected chi connectivity index (χ4v) is 10.7. The Kier molecular flexibility index (Phi) is 8.53. The second kappa shape index (κ2) is 13.3. The van der Waals surface area contributed by atoms with Crippen LogP contribution in [0.5, 0.6) is 5.75 Å². The molecule has 3 aliphatic rings. The molecule has 2 heterocycles. The highest BCUT2D eigenvalue weighted by Gasteiger charge is 2.39. The molecule has 0 radical (unpaired) electrons. The molecule has 49 heavy (non-hydrogen) atoms. The largest absolute Gasteiger partial charge is 0.423 e. The van der Waals surface area contributed by atoms with Gasteiger partial charge in [-0.05, 0) is 97.9 Å². The number of fused-ring (bicyclic) bond motifs is 3. The Hall–Kier alpha value is -4.76. The fraction of sp³-hybridized carbons (Fsp3) is 0.136. The minimum absolute atomic E-state index is 0.0707. The Morgan fingerprint density at radius 1 is 0.796 bits per heavy atom. The van der Waals surface area contributed by atoms with E-state index in [1.165, 1.54) is 49.2 Å². The Morgan fingerprint density at radius 2 is 1.49 bits per heavy atom. The molecule has 8 rings (SSSR count). The summed E-state index contributed by atoms with van der Waals surface area (Å²) in [7, 11) is -0.954. The van der Waals surface area contributed by atoms with Crippen LogP contribution >= 0.6 is 19.7 Å².